The second-order valence-electron chi connectivity index (χ2n) is 5.48. The first-order valence-electron chi connectivity index (χ1n) is 8.08. The van der Waals surface area contributed by atoms with Gasteiger partial charge >= 0.3 is 0 Å². The predicted molar refractivity (Wildman–Crippen MR) is 103 cm³/mol. The highest BCUT2D eigenvalue weighted by Gasteiger charge is 2.25. The van der Waals surface area contributed by atoms with E-state index in [1.54, 1.807) is 0 Å². The van der Waals surface area contributed by atoms with Gasteiger partial charge in [-0.25, -0.2) is 0 Å². The summed E-state index contributed by atoms with van der Waals surface area (Å²) in [5.41, 5.74) is 6.10. The third-order valence-electron chi connectivity index (χ3n) is 4.09. The summed E-state index contributed by atoms with van der Waals surface area (Å²) >= 11 is 0. The molecule has 0 amide bonds. The SMILES string of the molecule is CCN(CC)C(N)=NCC(c1ccc(C)o1)N1CCOCC1.I. The van der Waals surface area contributed by atoms with Crippen molar-refractivity contribution in [2.45, 2.75) is 26.8 Å². The maximum atomic E-state index is 6.10. The average Bonchev–Trinajstić information content (AvgIpc) is 2.96. The number of guanidine groups is 1. The molecule has 0 bridgehead atoms. The van der Waals surface area contributed by atoms with E-state index in [1.165, 1.54) is 0 Å². The van der Waals surface area contributed by atoms with Gasteiger partial charge in [-0.15, -0.1) is 24.0 Å². The van der Waals surface area contributed by atoms with Gasteiger partial charge in [-0.05, 0) is 32.9 Å². The van der Waals surface area contributed by atoms with Crippen LogP contribution in [0.1, 0.15) is 31.4 Å². The zero-order chi connectivity index (χ0) is 15.9. The Balaban J connectivity index is 0.00000264. The number of nitrogens with two attached hydrogens (primary N) is 1. The minimum atomic E-state index is 0. The number of hydrogen-bond donors (Lipinski definition) is 1. The van der Waals surface area contributed by atoms with Crippen molar-refractivity contribution in [1.29, 1.82) is 0 Å². The first-order valence-corrected chi connectivity index (χ1v) is 8.08. The third-order valence-corrected chi connectivity index (χ3v) is 4.09. The van der Waals surface area contributed by atoms with Crippen LogP contribution in [0.4, 0.5) is 0 Å². The summed E-state index contributed by atoms with van der Waals surface area (Å²) in [4.78, 5) is 9.03. The van der Waals surface area contributed by atoms with E-state index in [4.69, 9.17) is 14.9 Å². The Morgan fingerprint density at radius 2 is 1.96 bits per heavy atom. The summed E-state index contributed by atoms with van der Waals surface area (Å²) in [7, 11) is 0. The van der Waals surface area contributed by atoms with E-state index in [0.29, 0.717) is 12.5 Å². The van der Waals surface area contributed by atoms with Gasteiger partial charge in [0.1, 0.15) is 11.5 Å². The molecule has 1 fully saturated rings. The van der Waals surface area contributed by atoms with E-state index in [-0.39, 0.29) is 30.0 Å². The second-order valence-corrected chi connectivity index (χ2v) is 5.48. The molecule has 0 spiro atoms. The van der Waals surface area contributed by atoms with Crippen LogP contribution in [0.5, 0.6) is 0 Å². The fourth-order valence-corrected chi connectivity index (χ4v) is 2.73. The highest BCUT2D eigenvalue weighted by atomic mass is 127. The molecule has 1 aromatic heterocycles. The largest absolute Gasteiger partial charge is 0.465 e. The third kappa shape index (κ3) is 5.65. The number of furan rings is 1. The van der Waals surface area contributed by atoms with Crippen molar-refractivity contribution in [1.82, 2.24) is 9.80 Å². The summed E-state index contributed by atoms with van der Waals surface area (Å²) in [5, 5.41) is 0. The van der Waals surface area contributed by atoms with Crippen molar-refractivity contribution >= 4 is 29.9 Å². The van der Waals surface area contributed by atoms with Crippen LogP contribution in [-0.4, -0.2) is 61.7 Å². The number of nitrogens with zero attached hydrogens (tertiary/aromatic N) is 3. The Labute approximate surface area is 156 Å². The number of hydrogen-bond acceptors (Lipinski definition) is 4. The molecule has 132 valence electrons. The fourth-order valence-electron chi connectivity index (χ4n) is 2.73. The first-order chi connectivity index (χ1) is 10.7. The second kappa shape index (κ2) is 10.1. The van der Waals surface area contributed by atoms with Crippen molar-refractivity contribution < 1.29 is 9.15 Å². The quantitative estimate of drug-likeness (QED) is 0.421. The molecular weight excluding hydrogens is 407 g/mol. The monoisotopic (exact) mass is 436 g/mol. The van der Waals surface area contributed by atoms with Crippen LogP contribution in [0.2, 0.25) is 0 Å². The lowest BCUT2D eigenvalue weighted by atomic mass is 10.1. The molecule has 0 radical (unpaired) electrons. The summed E-state index contributed by atoms with van der Waals surface area (Å²) in [6.45, 7) is 11.8. The van der Waals surface area contributed by atoms with Crippen LogP contribution in [0.25, 0.3) is 0 Å². The summed E-state index contributed by atoms with van der Waals surface area (Å²) in [5.74, 6) is 2.48. The van der Waals surface area contributed by atoms with Gasteiger partial charge in [0.15, 0.2) is 5.96 Å². The van der Waals surface area contributed by atoms with Gasteiger partial charge in [-0.1, -0.05) is 0 Å². The normalized spacial score (nSPS) is 17.6. The number of ether oxygens (including phenoxy) is 1. The number of aryl methyl sites for hydroxylation is 1. The van der Waals surface area contributed by atoms with E-state index in [0.717, 1.165) is 50.9 Å². The Kier molecular flexibility index (Phi) is 8.93. The summed E-state index contributed by atoms with van der Waals surface area (Å²) in [6, 6.07) is 4.16. The standard InChI is InChI=1S/C16H28N4O2.HI/c1-4-19(5-2)16(17)18-12-14(15-7-6-13(3)22-15)20-8-10-21-11-9-20;/h6-7,14H,4-5,8-12H2,1-3H3,(H2,17,18);1H. The Bertz CT molecular complexity index is 482. The maximum Gasteiger partial charge on any atom is 0.191 e. The highest BCUT2D eigenvalue weighted by molar-refractivity contribution is 14.0. The molecule has 1 atom stereocenters. The number of aliphatic imine (C=N–C) groups is 1. The van der Waals surface area contributed by atoms with E-state index in [1.807, 2.05) is 19.1 Å². The van der Waals surface area contributed by atoms with Crippen LogP contribution in [0, 0.1) is 6.92 Å². The lowest BCUT2D eigenvalue weighted by Crippen LogP contribution is -2.41. The fraction of sp³-hybridized carbons (Fsp3) is 0.688. The molecule has 2 N–H and O–H groups in total. The van der Waals surface area contributed by atoms with Crippen molar-refractivity contribution in [2.24, 2.45) is 10.7 Å². The van der Waals surface area contributed by atoms with Crippen LogP contribution in [-0.2, 0) is 4.74 Å². The molecule has 1 unspecified atom stereocenters. The van der Waals surface area contributed by atoms with Crippen LogP contribution >= 0.6 is 24.0 Å². The van der Waals surface area contributed by atoms with Gasteiger partial charge in [-0.2, -0.15) is 0 Å². The minimum absolute atomic E-state index is 0. The van der Waals surface area contributed by atoms with Gasteiger partial charge in [0.25, 0.3) is 0 Å². The maximum absolute atomic E-state index is 6.10. The smallest absolute Gasteiger partial charge is 0.191 e. The van der Waals surface area contributed by atoms with Gasteiger partial charge in [0.05, 0.1) is 25.8 Å². The van der Waals surface area contributed by atoms with E-state index >= 15 is 0 Å². The number of rotatable bonds is 6. The van der Waals surface area contributed by atoms with Gasteiger partial charge in [0.2, 0.25) is 0 Å². The molecule has 23 heavy (non-hydrogen) atoms. The number of halogens is 1. The zero-order valence-corrected chi connectivity index (χ0v) is 16.7. The lowest BCUT2D eigenvalue weighted by Gasteiger charge is -2.32. The van der Waals surface area contributed by atoms with Gasteiger partial charge in [-0.3, -0.25) is 9.89 Å². The van der Waals surface area contributed by atoms with Crippen LogP contribution in [0.3, 0.4) is 0 Å². The first kappa shape index (κ1) is 20.2. The van der Waals surface area contributed by atoms with E-state index < -0.39 is 0 Å². The van der Waals surface area contributed by atoms with Crippen molar-refractivity contribution in [2.75, 3.05) is 45.9 Å². The van der Waals surface area contributed by atoms with Crippen molar-refractivity contribution in [3.63, 3.8) is 0 Å². The Morgan fingerprint density at radius 3 is 2.48 bits per heavy atom. The number of morpholine rings is 1. The highest BCUT2D eigenvalue weighted by Crippen LogP contribution is 2.24. The Hall–Kier alpha value is -0.800. The molecule has 1 aromatic rings. The molecule has 7 heteroatoms. The lowest BCUT2D eigenvalue weighted by molar-refractivity contribution is 0.0135. The summed E-state index contributed by atoms with van der Waals surface area (Å²) in [6.07, 6.45) is 0. The molecule has 0 saturated carbocycles. The Morgan fingerprint density at radius 1 is 1.30 bits per heavy atom. The molecule has 2 heterocycles. The molecule has 6 nitrogen and oxygen atoms in total. The predicted octanol–water partition coefficient (Wildman–Crippen LogP) is 2.24. The molecule has 1 saturated heterocycles. The average molecular weight is 436 g/mol. The minimum Gasteiger partial charge on any atom is -0.465 e. The molecule has 0 aliphatic carbocycles. The van der Waals surface area contributed by atoms with Gasteiger partial charge in [0, 0.05) is 26.2 Å². The van der Waals surface area contributed by atoms with Crippen molar-refractivity contribution in [3.8, 4) is 0 Å². The molecule has 1 aliphatic heterocycles. The zero-order valence-electron chi connectivity index (χ0n) is 14.3. The summed E-state index contributed by atoms with van der Waals surface area (Å²) < 4.78 is 11.3. The molecule has 2 rings (SSSR count). The van der Waals surface area contributed by atoms with Crippen molar-refractivity contribution in [3.05, 3.63) is 23.7 Å². The topological polar surface area (TPSA) is 67.2 Å². The molecule has 1 aliphatic rings. The van der Waals surface area contributed by atoms with Crippen LogP contribution in [0.15, 0.2) is 21.5 Å². The molecular formula is C16H29IN4O2. The van der Waals surface area contributed by atoms with E-state index in [2.05, 4.69) is 28.6 Å². The van der Waals surface area contributed by atoms with Crippen LogP contribution < -0.4 is 5.73 Å². The molecule has 0 aromatic carbocycles. The van der Waals surface area contributed by atoms with E-state index in [9.17, 15) is 0 Å². The van der Waals surface area contributed by atoms with Gasteiger partial charge < -0.3 is 19.8 Å².